The van der Waals surface area contributed by atoms with Gasteiger partial charge < -0.3 is 9.62 Å². The van der Waals surface area contributed by atoms with Crippen molar-refractivity contribution in [3.63, 3.8) is 0 Å². The van der Waals surface area contributed by atoms with Gasteiger partial charge in [-0.2, -0.15) is 10.3 Å². The maximum Gasteiger partial charge on any atom is 0.271 e. The van der Waals surface area contributed by atoms with Crippen molar-refractivity contribution >= 4 is 33.7 Å². The Balaban J connectivity index is 1.64. The number of rotatable bonds is 5. The molecule has 132 valence electrons. The number of carbonyl (C=O) groups is 1. The summed E-state index contributed by atoms with van der Waals surface area (Å²) in [4.78, 5) is 12.0. The highest BCUT2D eigenvalue weighted by molar-refractivity contribution is 9.10. The number of amides is 1. The van der Waals surface area contributed by atoms with Gasteiger partial charge in [-0.05, 0) is 30.3 Å². The third-order valence-electron chi connectivity index (χ3n) is 3.49. The molecule has 0 fully saturated rings. The normalized spacial score (nSPS) is 12.3. The summed E-state index contributed by atoms with van der Waals surface area (Å²) in [6, 6.07) is 16.9. The zero-order valence-electron chi connectivity index (χ0n) is 13.3. The molecule has 3 aromatic rings. The van der Waals surface area contributed by atoms with Gasteiger partial charge in [0.25, 0.3) is 5.91 Å². The number of halogens is 1. The summed E-state index contributed by atoms with van der Waals surface area (Å²) in [5.74, 6) is 0.644. The van der Waals surface area contributed by atoms with E-state index in [0.29, 0.717) is 11.5 Å². The third kappa shape index (κ3) is 4.44. The lowest BCUT2D eigenvalue weighted by Crippen LogP contribution is -2.99. The van der Waals surface area contributed by atoms with Crippen molar-refractivity contribution in [2.45, 2.75) is 0 Å². The number of furan rings is 1. The third-order valence-corrected chi connectivity index (χ3v) is 4.01. The summed E-state index contributed by atoms with van der Waals surface area (Å²) >= 11 is 3.38. The fourth-order valence-corrected chi connectivity index (χ4v) is 2.47. The van der Waals surface area contributed by atoms with Gasteiger partial charge in [0.1, 0.15) is 11.5 Å². The molecule has 0 aliphatic rings. The van der Waals surface area contributed by atoms with E-state index in [1.807, 2.05) is 30.3 Å². The van der Waals surface area contributed by atoms with Gasteiger partial charge >= 0.3 is 0 Å². The highest BCUT2D eigenvalue weighted by Crippen LogP contribution is 2.23. The van der Waals surface area contributed by atoms with E-state index in [2.05, 4.69) is 26.5 Å². The first kappa shape index (κ1) is 18.0. The Bertz CT molecular complexity index is 936. The van der Waals surface area contributed by atoms with Crippen molar-refractivity contribution in [2.75, 3.05) is 0 Å². The van der Waals surface area contributed by atoms with E-state index in [-0.39, 0.29) is 11.3 Å². The van der Waals surface area contributed by atoms with Crippen LogP contribution in [0.1, 0.15) is 16.1 Å². The van der Waals surface area contributed by atoms with Crippen LogP contribution >= 0.6 is 15.9 Å². The van der Waals surface area contributed by atoms with Crippen molar-refractivity contribution in [1.82, 2.24) is 5.43 Å². The second kappa shape index (κ2) is 8.07. The van der Waals surface area contributed by atoms with Crippen LogP contribution in [0.15, 0.2) is 74.7 Å². The number of benzene rings is 2. The van der Waals surface area contributed by atoms with Gasteiger partial charge in [0.15, 0.2) is 5.69 Å². The fraction of sp³-hybridized carbons (Fsp3) is 0. The zero-order chi connectivity index (χ0) is 18.5. The highest BCUT2D eigenvalue weighted by Gasteiger charge is 2.08. The van der Waals surface area contributed by atoms with Crippen LogP contribution in [0.3, 0.4) is 0 Å². The van der Waals surface area contributed by atoms with Gasteiger partial charge in [-0.25, -0.2) is 10.6 Å². The summed E-state index contributed by atoms with van der Waals surface area (Å²) in [5.41, 5.74) is 3.50. The quantitative estimate of drug-likeness (QED) is 0.440. The lowest BCUT2D eigenvalue weighted by molar-refractivity contribution is -0.991. The average Bonchev–Trinajstić information content (AvgIpc) is 3.11. The number of hydrogen-bond acceptors (Lipinski definition) is 5. The van der Waals surface area contributed by atoms with Crippen molar-refractivity contribution < 1.29 is 19.6 Å². The van der Waals surface area contributed by atoms with E-state index in [9.17, 15) is 10.0 Å². The topological polar surface area (TPSA) is 102 Å². The number of nitrogens with zero attached hydrogens (tertiary/aromatic N) is 1. The minimum absolute atomic E-state index is 0.0341. The smallest absolute Gasteiger partial charge is 0.271 e. The molecular weight excluding hydrogens is 402 g/mol. The standard InChI is InChI=1S/C18H14BrN3O4/c19-14-6-4-12(5-7-14)17-9-8-16(26-17)11-20-21-18(23)13-2-1-3-15(10-13)22(24)25/h1-11,22,24H,(H,21,23). The highest BCUT2D eigenvalue weighted by atomic mass is 79.9. The largest absolute Gasteiger partial charge is 0.595 e. The molecule has 0 saturated carbocycles. The Labute approximate surface area is 157 Å². The van der Waals surface area contributed by atoms with Crippen molar-refractivity contribution in [3.05, 3.63) is 81.7 Å². The van der Waals surface area contributed by atoms with Crippen molar-refractivity contribution in [2.24, 2.45) is 5.10 Å². The molecule has 2 aromatic carbocycles. The molecule has 0 bridgehead atoms. The van der Waals surface area contributed by atoms with Gasteiger partial charge in [-0.1, -0.05) is 34.1 Å². The van der Waals surface area contributed by atoms with Crippen LogP contribution in [0.5, 0.6) is 0 Å². The SMILES string of the molecule is O=C(NN=Cc1ccc(-c2ccc(Br)cc2)o1)c1cccc([NH+]([O-])O)c1. The molecular formula is C18H14BrN3O4. The van der Waals surface area contributed by atoms with Gasteiger partial charge in [0, 0.05) is 27.7 Å². The molecule has 0 aliphatic carbocycles. The van der Waals surface area contributed by atoms with Crippen LogP contribution in [0.2, 0.25) is 0 Å². The zero-order valence-corrected chi connectivity index (χ0v) is 14.9. The number of hydrogen-bond donors (Lipinski definition) is 3. The fourth-order valence-electron chi connectivity index (χ4n) is 2.20. The summed E-state index contributed by atoms with van der Waals surface area (Å²) < 4.78 is 6.63. The van der Waals surface area contributed by atoms with Gasteiger partial charge in [-0.15, -0.1) is 0 Å². The Kier molecular flexibility index (Phi) is 5.59. The molecule has 1 amide bonds. The Morgan fingerprint density at radius 3 is 2.69 bits per heavy atom. The van der Waals surface area contributed by atoms with E-state index in [4.69, 9.17) is 9.62 Å². The first-order valence-corrected chi connectivity index (χ1v) is 8.35. The molecule has 3 rings (SSSR count). The molecule has 1 unspecified atom stereocenters. The molecule has 0 spiro atoms. The number of hydrazone groups is 1. The number of nitrogens with one attached hydrogen (secondary N) is 2. The second-order valence-electron chi connectivity index (χ2n) is 5.29. The molecule has 7 nitrogen and oxygen atoms in total. The predicted molar refractivity (Wildman–Crippen MR) is 99.1 cm³/mol. The van der Waals surface area contributed by atoms with E-state index in [1.54, 1.807) is 6.07 Å². The monoisotopic (exact) mass is 415 g/mol. The molecule has 1 aromatic heterocycles. The van der Waals surface area contributed by atoms with Gasteiger partial charge in [0.05, 0.1) is 6.21 Å². The summed E-state index contributed by atoms with van der Waals surface area (Å²) in [6.45, 7) is 0. The van der Waals surface area contributed by atoms with Gasteiger partial charge in [0.2, 0.25) is 0 Å². The first-order valence-electron chi connectivity index (χ1n) is 7.55. The molecule has 0 radical (unpaired) electrons. The van der Waals surface area contributed by atoms with Crippen LogP contribution < -0.4 is 10.7 Å². The van der Waals surface area contributed by atoms with Crippen molar-refractivity contribution in [3.8, 4) is 11.3 Å². The Morgan fingerprint density at radius 1 is 1.19 bits per heavy atom. The molecule has 1 atom stereocenters. The van der Waals surface area contributed by atoms with E-state index in [1.165, 1.54) is 30.5 Å². The van der Waals surface area contributed by atoms with Crippen LogP contribution in [-0.4, -0.2) is 17.3 Å². The Morgan fingerprint density at radius 2 is 1.96 bits per heavy atom. The van der Waals surface area contributed by atoms with E-state index in [0.717, 1.165) is 10.0 Å². The lowest BCUT2D eigenvalue weighted by Gasteiger charge is -2.11. The molecule has 0 aliphatic heterocycles. The van der Waals surface area contributed by atoms with Crippen LogP contribution in [-0.2, 0) is 0 Å². The van der Waals surface area contributed by atoms with Crippen molar-refractivity contribution in [1.29, 1.82) is 0 Å². The molecule has 8 heteroatoms. The maximum absolute atomic E-state index is 12.0. The lowest BCUT2D eigenvalue weighted by atomic mass is 10.2. The first-order chi connectivity index (χ1) is 12.5. The molecule has 0 saturated heterocycles. The predicted octanol–water partition coefficient (Wildman–Crippen LogP) is 2.88. The molecule has 26 heavy (non-hydrogen) atoms. The molecule has 3 N–H and O–H groups in total. The summed E-state index contributed by atoms with van der Waals surface area (Å²) in [5, 5.41) is 22.6. The van der Waals surface area contributed by atoms with E-state index >= 15 is 0 Å². The van der Waals surface area contributed by atoms with Crippen LogP contribution in [0, 0.1) is 5.21 Å². The number of quaternary nitrogens is 1. The minimum Gasteiger partial charge on any atom is -0.595 e. The second-order valence-corrected chi connectivity index (χ2v) is 6.21. The summed E-state index contributed by atoms with van der Waals surface area (Å²) in [6.07, 6.45) is 1.38. The summed E-state index contributed by atoms with van der Waals surface area (Å²) in [7, 11) is 0. The van der Waals surface area contributed by atoms with Gasteiger partial charge in [-0.3, -0.25) is 4.79 Å². The number of carbonyl (C=O) groups excluding carboxylic acids is 1. The maximum atomic E-state index is 12.0. The van der Waals surface area contributed by atoms with Crippen LogP contribution in [0.25, 0.3) is 11.3 Å². The van der Waals surface area contributed by atoms with E-state index < -0.39 is 11.1 Å². The Hall–Kier alpha value is -2.78. The minimum atomic E-state index is -1.10. The van der Waals surface area contributed by atoms with Crippen LogP contribution in [0.4, 0.5) is 5.69 Å². The molecule has 1 heterocycles. The average molecular weight is 416 g/mol.